The monoisotopic (exact) mass is 323 g/mol. The predicted octanol–water partition coefficient (Wildman–Crippen LogP) is 0.854. The van der Waals surface area contributed by atoms with E-state index in [0.717, 1.165) is 26.1 Å². The van der Waals surface area contributed by atoms with Crippen LogP contribution in [0, 0.1) is 0 Å². The van der Waals surface area contributed by atoms with Crippen molar-refractivity contribution in [1.82, 2.24) is 14.7 Å². The van der Waals surface area contributed by atoms with Gasteiger partial charge in [0.2, 0.25) is 0 Å². The van der Waals surface area contributed by atoms with Gasteiger partial charge in [0.15, 0.2) is 0 Å². The summed E-state index contributed by atoms with van der Waals surface area (Å²) in [6.45, 7) is 9.65. The average Bonchev–Trinajstić information content (AvgIpc) is 2.78. The van der Waals surface area contributed by atoms with Gasteiger partial charge in [0.1, 0.15) is 5.60 Å². The first kappa shape index (κ1) is 17.5. The van der Waals surface area contributed by atoms with Crippen molar-refractivity contribution in [2.24, 2.45) is 0 Å². The van der Waals surface area contributed by atoms with E-state index >= 15 is 0 Å². The summed E-state index contributed by atoms with van der Waals surface area (Å²) in [5.74, 6) is -0.463. The molecule has 0 spiro atoms. The van der Waals surface area contributed by atoms with Gasteiger partial charge in [-0.05, 0) is 33.7 Å². The molecule has 0 unspecified atom stereocenters. The summed E-state index contributed by atoms with van der Waals surface area (Å²) < 4.78 is 5.36. The maximum Gasteiger partial charge on any atom is 0.410 e. The Kier molecular flexibility index (Phi) is 5.41. The van der Waals surface area contributed by atoms with E-state index in [1.165, 1.54) is 17.1 Å². The summed E-state index contributed by atoms with van der Waals surface area (Å²) in [5, 5.41) is 0. The molecule has 0 N–H and O–H groups in total. The van der Waals surface area contributed by atoms with Crippen LogP contribution in [-0.2, 0) is 14.3 Å². The largest absolute Gasteiger partial charge is 0.444 e. The molecule has 2 aliphatic heterocycles. The zero-order chi connectivity index (χ0) is 17.0. The van der Waals surface area contributed by atoms with Crippen molar-refractivity contribution in [3.05, 3.63) is 12.2 Å². The van der Waals surface area contributed by atoms with Gasteiger partial charge in [0, 0.05) is 44.9 Å². The van der Waals surface area contributed by atoms with E-state index in [4.69, 9.17) is 4.74 Å². The molecule has 1 fully saturated rings. The highest BCUT2D eigenvalue weighted by atomic mass is 16.6. The number of imide groups is 1. The van der Waals surface area contributed by atoms with Crippen molar-refractivity contribution in [3.8, 4) is 0 Å². The molecule has 7 heteroatoms. The van der Waals surface area contributed by atoms with Gasteiger partial charge in [-0.25, -0.2) is 4.79 Å². The SMILES string of the molecule is CC(C)(C)OC(=O)N1CCN(CCCN2C(=O)C=CC2=O)CC1. The molecule has 0 aromatic carbocycles. The molecule has 0 bridgehead atoms. The van der Waals surface area contributed by atoms with Crippen molar-refractivity contribution in [2.45, 2.75) is 32.8 Å². The Labute approximate surface area is 136 Å². The van der Waals surface area contributed by atoms with Crippen LogP contribution in [0.3, 0.4) is 0 Å². The average molecular weight is 323 g/mol. The lowest BCUT2D eigenvalue weighted by atomic mass is 10.2. The Balaban J connectivity index is 1.66. The van der Waals surface area contributed by atoms with Crippen LogP contribution < -0.4 is 0 Å². The Morgan fingerprint density at radius 2 is 1.61 bits per heavy atom. The molecule has 2 heterocycles. The summed E-state index contributed by atoms with van der Waals surface area (Å²) in [7, 11) is 0. The number of nitrogens with zero attached hydrogens (tertiary/aromatic N) is 3. The van der Waals surface area contributed by atoms with Gasteiger partial charge in [-0.3, -0.25) is 19.4 Å². The topological polar surface area (TPSA) is 70.2 Å². The van der Waals surface area contributed by atoms with Crippen molar-refractivity contribution in [3.63, 3.8) is 0 Å². The molecule has 128 valence electrons. The number of carbonyl (C=O) groups is 3. The van der Waals surface area contributed by atoms with Gasteiger partial charge >= 0.3 is 6.09 Å². The van der Waals surface area contributed by atoms with Gasteiger partial charge in [0.25, 0.3) is 11.8 Å². The second kappa shape index (κ2) is 7.12. The van der Waals surface area contributed by atoms with Crippen LogP contribution in [0.5, 0.6) is 0 Å². The van der Waals surface area contributed by atoms with Gasteiger partial charge in [-0.2, -0.15) is 0 Å². The highest BCUT2D eigenvalue weighted by Gasteiger charge is 2.26. The second-order valence-corrected chi connectivity index (χ2v) is 6.82. The first-order valence-corrected chi connectivity index (χ1v) is 8.00. The van der Waals surface area contributed by atoms with Gasteiger partial charge < -0.3 is 9.64 Å². The van der Waals surface area contributed by atoms with E-state index in [1.807, 2.05) is 20.8 Å². The van der Waals surface area contributed by atoms with Crippen molar-refractivity contribution < 1.29 is 19.1 Å². The van der Waals surface area contributed by atoms with E-state index in [1.54, 1.807) is 4.90 Å². The number of hydrogen-bond donors (Lipinski definition) is 0. The van der Waals surface area contributed by atoms with Gasteiger partial charge in [0.05, 0.1) is 0 Å². The highest BCUT2D eigenvalue weighted by Crippen LogP contribution is 2.12. The summed E-state index contributed by atoms with van der Waals surface area (Å²) in [6.07, 6.45) is 3.09. The van der Waals surface area contributed by atoms with Gasteiger partial charge in [-0.15, -0.1) is 0 Å². The number of hydrogen-bond acceptors (Lipinski definition) is 5. The molecule has 2 aliphatic rings. The number of piperazine rings is 1. The molecule has 0 atom stereocenters. The van der Waals surface area contributed by atoms with Crippen LogP contribution in [0.1, 0.15) is 27.2 Å². The van der Waals surface area contributed by atoms with Crippen molar-refractivity contribution in [1.29, 1.82) is 0 Å². The summed E-state index contributed by atoms with van der Waals surface area (Å²) in [4.78, 5) is 40.1. The smallest absolute Gasteiger partial charge is 0.410 e. The lowest BCUT2D eigenvalue weighted by molar-refractivity contribution is -0.136. The van der Waals surface area contributed by atoms with Gasteiger partial charge in [-0.1, -0.05) is 0 Å². The molecular formula is C16H25N3O4. The third kappa shape index (κ3) is 5.06. The summed E-state index contributed by atoms with van der Waals surface area (Å²) in [5.41, 5.74) is -0.475. The van der Waals surface area contributed by atoms with E-state index < -0.39 is 5.60 Å². The molecule has 0 saturated carbocycles. The third-order valence-corrected chi connectivity index (χ3v) is 3.78. The molecule has 3 amide bonds. The zero-order valence-electron chi connectivity index (χ0n) is 14.1. The normalized spacial score (nSPS) is 19.6. The Morgan fingerprint density at radius 3 is 2.13 bits per heavy atom. The van der Waals surface area contributed by atoms with E-state index in [9.17, 15) is 14.4 Å². The predicted molar refractivity (Wildman–Crippen MR) is 84.7 cm³/mol. The molecule has 2 rings (SSSR count). The molecule has 0 aromatic rings. The van der Waals surface area contributed by atoms with E-state index in [0.29, 0.717) is 19.6 Å². The van der Waals surface area contributed by atoms with E-state index in [2.05, 4.69) is 4.90 Å². The summed E-state index contributed by atoms with van der Waals surface area (Å²) in [6, 6.07) is 0. The first-order valence-electron chi connectivity index (χ1n) is 8.00. The van der Waals surface area contributed by atoms with Crippen LogP contribution in [0.25, 0.3) is 0 Å². The fourth-order valence-corrected chi connectivity index (χ4v) is 2.58. The Morgan fingerprint density at radius 1 is 1.04 bits per heavy atom. The first-order chi connectivity index (χ1) is 10.8. The number of amides is 3. The summed E-state index contributed by atoms with van der Waals surface area (Å²) >= 11 is 0. The fraction of sp³-hybridized carbons (Fsp3) is 0.688. The lowest BCUT2D eigenvalue weighted by Gasteiger charge is -2.35. The minimum Gasteiger partial charge on any atom is -0.444 e. The molecule has 0 aliphatic carbocycles. The quantitative estimate of drug-likeness (QED) is 0.718. The molecule has 0 radical (unpaired) electrons. The van der Waals surface area contributed by atoms with Crippen LogP contribution in [-0.4, -0.2) is 77.5 Å². The minimum atomic E-state index is -0.475. The van der Waals surface area contributed by atoms with Crippen molar-refractivity contribution in [2.75, 3.05) is 39.3 Å². The molecule has 0 aromatic heterocycles. The fourth-order valence-electron chi connectivity index (χ4n) is 2.58. The third-order valence-electron chi connectivity index (χ3n) is 3.78. The zero-order valence-corrected chi connectivity index (χ0v) is 14.1. The van der Waals surface area contributed by atoms with Crippen LogP contribution in [0.2, 0.25) is 0 Å². The number of carbonyl (C=O) groups excluding carboxylic acids is 3. The van der Waals surface area contributed by atoms with E-state index in [-0.39, 0.29) is 17.9 Å². The Hall–Kier alpha value is -1.89. The number of rotatable bonds is 4. The second-order valence-electron chi connectivity index (χ2n) is 6.82. The van der Waals surface area contributed by atoms with Crippen LogP contribution in [0.4, 0.5) is 4.79 Å². The highest BCUT2D eigenvalue weighted by molar-refractivity contribution is 6.12. The standard InChI is InChI=1S/C16H25N3O4/c1-16(2,3)23-15(22)18-11-9-17(10-12-18)7-4-8-19-13(20)5-6-14(19)21/h5-6H,4,7-12H2,1-3H3. The lowest BCUT2D eigenvalue weighted by Crippen LogP contribution is -2.50. The van der Waals surface area contributed by atoms with Crippen molar-refractivity contribution >= 4 is 17.9 Å². The van der Waals surface area contributed by atoms with Crippen LogP contribution in [0.15, 0.2) is 12.2 Å². The maximum atomic E-state index is 12.0. The molecular weight excluding hydrogens is 298 g/mol. The molecule has 7 nitrogen and oxygen atoms in total. The minimum absolute atomic E-state index is 0.232. The maximum absolute atomic E-state index is 12.0. The molecule has 23 heavy (non-hydrogen) atoms. The number of ether oxygens (including phenoxy) is 1. The van der Waals surface area contributed by atoms with Crippen LogP contribution >= 0.6 is 0 Å². The Bertz CT molecular complexity index is 484. The molecule has 1 saturated heterocycles.